The van der Waals surface area contributed by atoms with Crippen molar-refractivity contribution in [2.24, 2.45) is 5.92 Å². The van der Waals surface area contributed by atoms with Crippen LogP contribution in [0.25, 0.3) is 0 Å². The minimum absolute atomic E-state index is 0.0108. The number of fused-ring (bicyclic) bond motifs is 2. The molecule has 2 heterocycles. The van der Waals surface area contributed by atoms with Gasteiger partial charge in [0, 0.05) is 18.7 Å². The average Bonchev–Trinajstić information content (AvgIpc) is 3.10. The maximum absolute atomic E-state index is 13.8. The van der Waals surface area contributed by atoms with E-state index >= 15 is 0 Å². The molecule has 6 rings (SSSR count). The summed E-state index contributed by atoms with van der Waals surface area (Å²) in [4.78, 5) is 30.9. The summed E-state index contributed by atoms with van der Waals surface area (Å²) in [5.74, 6) is -0.0418. The number of benzene rings is 4. The largest absolute Gasteiger partial charge is 0.351 e. The molecule has 0 bridgehead atoms. The molecule has 2 aliphatic heterocycles. The van der Waals surface area contributed by atoms with Gasteiger partial charge in [-0.05, 0) is 79.7 Å². The molecule has 0 aliphatic carbocycles. The molecule has 0 atom stereocenters. The number of hydrogen-bond acceptors (Lipinski definition) is 5. The number of carbonyl (C=O) groups excluding carboxylic acids is 2. The first kappa shape index (κ1) is 28.8. The second-order valence-electron chi connectivity index (χ2n) is 11.3. The molecule has 1 N–H and O–H groups in total. The molecule has 2 aliphatic rings. The van der Waals surface area contributed by atoms with Crippen molar-refractivity contribution >= 4 is 27.3 Å². The summed E-state index contributed by atoms with van der Waals surface area (Å²) in [5.41, 5.74) is 2.87. The molecule has 4 aromatic carbocycles. The van der Waals surface area contributed by atoms with E-state index in [9.17, 15) is 18.0 Å². The minimum atomic E-state index is -4.00. The van der Waals surface area contributed by atoms with Gasteiger partial charge in [-0.15, -0.1) is 0 Å². The Morgan fingerprint density at radius 2 is 1.44 bits per heavy atom. The number of nitrogens with zero attached hydrogens (tertiary/aromatic N) is 2. The smallest absolute Gasteiger partial charge is 0.259 e. The predicted molar refractivity (Wildman–Crippen MR) is 167 cm³/mol. The number of nitrogens with one attached hydrogen (secondary N) is 1. The third-order valence-electron chi connectivity index (χ3n) is 8.43. The van der Waals surface area contributed by atoms with Crippen LogP contribution < -0.4 is 10.2 Å². The van der Waals surface area contributed by atoms with Crippen LogP contribution >= 0.6 is 0 Å². The monoisotopic (exact) mass is 593 g/mol. The summed E-state index contributed by atoms with van der Waals surface area (Å²) in [6.07, 6.45) is 3.37. The van der Waals surface area contributed by atoms with Crippen molar-refractivity contribution < 1.29 is 18.0 Å². The van der Waals surface area contributed by atoms with Gasteiger partial charge in [-0.3, -0.25) is 9.59 Å². The van der Waals surface area contributed by atoms with Gasteiger partial charge >= 0.3 is 0 Å². The summed E-state index contributed by atoms with van der Waals surface area (Å²) < 4.78 is 27.5. The van der Waals surface area contributed by atoms with Crippen molar-refractivity contribution in [1.29, 1.82) is 0 Å². The Bertz CT molecular complexity index is 1720. The topological polar surface area (TPSA) is 86.8 Å². The lowest BCUT2D eigenvalue weighted by Crippen LogP contribution is -2.40. The maximum Gasteiger partial charge on any atom is 0.259 e. The molecule has 43 heavy (non-hydrogen) atoms. The average molecular weight is 594 g/mol. The van der Waals surface area contributed by atoms with Crippen molar-refractivity contribution in [3.05, 3.63) is 125 Å². The molecule has 1 saturated heterocycles. The highest BCUT2D eigenvalue weighted by molar-refractivity contribution is 7.91. The zero-order chi connectivity index (χ0) is 29.8. The number of sulfone groups is 1. The van der Waals surface area contributed by atoms with E-state index in [0.29, 0.717) is 18.0 Å². The third kappa shape index (κ3) is 6.26. The fraction of sp³-hybridized carbons (Fsp3) is 0.257. The molecule has 2 amide bonds. The van der Waals surface area contributed by atoms with Gasteiger partial charge in [0.05, 0.1) is 27.6 Å². The number of carbonyl (C=O) groups is 2. The zero-order valence-corrected chi connectivity index (χ0v) is 24.8. The van der Waals surface area contributed by atoms with E-state index in [0.717, 1.165) is 44.5 Å². The number of anilines is 1. The Morgan fingerprint density at radius 1 is 0.791 bits per heavy atom. The van der Waals surface area contributed by atoms with E-state index < -0.39 is 15.7 Å². The van der Waals surface area contributed by atoms with Crippen LogP contribution in [0.1, 0.15) is 44.7 Å². The number of hydrogen-bond donors (Lipinski definition) is 1. The van der Waals surface area contributed by atoms with Gasteiger partial charge in [-0.25, -0.2) is 8.42 Å². The fourth-order valence-corrected chi connectivity index (χ4v) is 7.69. The number of piperidine rings is 1. The Hall–Kier alpha value is -4.27. The van der Waals surface area contributed by atoms with E-state index in [1.54, 1.807) is 12.1 Å². The highest BCUT2D eigenvalue weighted by atomic mass is 32.2. The Kier molecular flexibility index (Phi) is 8.40. The van der Waals surface area contributed by atoms with Crippen LogP contribution in [0, 0.1) is 5.92 Å². The minimum Gasteiger partial charge on any atom is -0.351 e. The quantitative estimate of drug-likeness (QED) is 0.297. The number of amides is 2. The Labute approximate surface area is 253 Å². The summed E-state index contributed by atoms with van der Waals surface area (Å²) >= 11 is 0. The van der Waals surface area contributed by atoms with Crippen molar-refractivity contribution in [2.75, 3.05) is 31.1 Å². The van der Waals surface area contributed by atoms with E-state index in [2.05, 4.69) is 34.5 Å². The summed E-state index contributed by atoms with van der Waals surface area (Å²) in [6, 6.07) is 30.8. The summed E-state index contributed by atoms with van der Waals surface area (Å²) in [6.45, 7) is 3.40. The molecule has 0 radical (unpaired) electrons. The van der Waals surface area contributed by atoms with E-state index in [1.807, 2.05) is 36.4 Å². The van der Waals surface area contributed by atoms with Crippen LogP contribution in [-0.4, -0.2) is 51.3 Å². The lowest BCUT2D eigenvalue weighted by Gasteiger charge is -2.32. The third-order valence-corrected chi connectivity index (χ3v) is 10.3. The first-order valence-corrected chi connectivity index (χ1v) is 16.3. The first-order valence-electron chi connectivity index (χ1n) is 14.8. The van der Waals surface area contributed by atoms with Gasteiger partial charge in [0.25, 0.3) is 11.8 Å². The Morgan fingerprint density at radius 3 is 2.16 bits per heavy atom. The van der Waals surface area contributed by atoms with Gasteiger partial charge in [0.1, 0.15) is 0 Å². The van der Waals surface area contributed by atoms with E-state index in [-0.39, 0.29) is 33.5 Å². The van der Waals surface area contributed by atoms with Crippen LogP contribution in [-0.2, 0) is 22.8 Å². The second kappa shape index (κ2) is 12.5. The van der Waals surface area contributed by atoms with Crippen LogP contribution in [0.15, 0.2) is 113 Å². The van der Waals surface area contributed by atoms with Gasteiger partial charge in [-0.2, -0.15) is 0 Å². The number of likely N-dealkylation sites (tertiary alicyclic amines) is 1. The summed E-state index contributed by atoms with van der Waals surface area (Å²) in [7, 11) is -4.00. The van der Waals surface area contributed by atoms with Crippen LogP contribution in [0.2, 0.25) is 0 Å². The molecule has 1 fully saturated rings. The van der Waals surface area contributed by atoms with Crippen LogP contribution in [0.4, 0.5) is 5.69 Å². The van der Waals surface area contributed by atoms with Crippen molar-refractivity contribution in [1.82, 2.24) is 10.2 Å². The molecule has 7 nitrogen and oxygen atoms in total. The van der Waals surface area contributed by atoms with E-state index in [1.165, 1.54) is 40.8 Å². The predicted octanol–water partition coefficient (Wildman–Crippen LogP) is 5.36. The van der Waals surface area contributed by atoms with Crippen LogP contribution in [0.5, 0.6) is 0 Å². The van der Waals surface area contributed by atoms with Gasteiger partial charge in [0.15, 0.2) is 0 Å². The van der Waals surface area contributed by atoms with E-state index in [4.69, 9.17) is 0 Å². The van der Waals surface area contributed by atoms with Crippen molar-refractivity contribution in [3.63, 3.8) is 0 Å². The second-order valence-corrected chi connectivity index (χ2v) is 13.2. The first-order chi connectivity index (χ1) is 20.9. The van der Waals surface area contributed by atoms with Gasteiger partial charge in [0.2, 0.25) is 9.84 Å². The molecule has 0 aromatic heterocycles. The maximum atomic E-state index is 13.8. The van der Waals surface area contributed by atoms with Crippen molar-refractivity contribution in [3.8, 4) is 0 Å². The lowest BCUT2D eigenvalue weighted by molar-refractivity contribution is 0.0941. The SMILES string of the molecule is O=C(NCCN1CCC(Cc2ccccc2)CC1)c1ccc2c(c1)N(Cc1ccccc1)C(=O)c1ccccc1S2(=O)=O. The zero-order valence-electron chi connectivity index (χ0n) is 24.0. The standard InChI is InChI=1S/C35H35N3O4S/c39-34(36-19-22-37-20-17-27(18-21-37)23-26-9-3-1-4-10-26)29-15-16-33-31(24-29)38(25-28-11-5-2-6-12-28)35(40)30-13-7-8-14-32(30)43(33,41)42/h1-16,24,27H,17-23,25H2,(H,36,39). The molecule has 8 heteroatoms. The van der Waals surface area contributed by atoms with Crippen molar-refractivity contribution in [2.45, 2.75) is 35.6 Å². The molecular weight excluding hydrogens is 558 g/mol. The molecular formula is C35H35N3O4S. The molecule has 0 spiro atoms. The van der Waals surface area contributed by atoms with Gasteiger partial charge in [-0.1, -0.05) is 72.8 Å². The Balaban J connectivity index is 1.16. The fourth-order valence-electron chi connectivity index (χ4n) is 6.06. The molecule has 220 valence electrons. The normalized spacial score (nSPS) is 16.7. The van der Waals surface area contributed by atoms with Crippen LogP contribution in [0.3, 0.4) is 0 Å². The lowest BCUT2D eigenvalue weighted by atomic mass is 9.90. The highest BCUT2D eigenvalue weighted by Gasteiger charge is 2.36. The van der Waals surface area contributed by atoms with Gasteiger partial charge < -0.3 is 15.1 Å². The number of rotatable bonds is 8. The molecule has 4 aromatic rings. The molecule has 0 saturated carbocycles. The molecule has 0 unspecified atom stereocenters. The highest BCUT2D eigenvalue weighted by Crippen LogP contribution is 2.38. The summed E-state index contributed by atoms with van der Waals surface area (Å²) in [5, 5.41) is 3.00.